The Hall–Kier alpha value is -4.07. The Labute approximate surface area is 184 Å². The molecule has 2 heterocycles. The van der Waals surface area contributed by atoms with Gasteiger partial charge in [-0.15, -0.1) is 0 Å². The van der Waals surface area contributed by atoms with Gasteiger partial charge in [-0.05, 0) is 55.3 Å². The van der Waals surface area contributed by atoms with Crippen molar-refractivity contribution in [2.45, 2.75) is 26.3 Å². The number of aryl methyl sites for hydroxylation is 1. The van der Waals surface area contributed by atoms with E-state index in [1.165, 1.54) is 19.1 Å². The Morgan fingerprint density at radius 1 is 1.00 bits per heavy atom. The second kappa shape index (κ2) is 8.97. The zero-order valence-corrected chi connectivity index (χ0v) is 17.6. The van der Waals surface area contributed by atoms with Crippen LogP contribution in [0, 0.1) is 0 Å². The van der Waals surface area contributed by atoms with Gasteiger partial charge in [0.15, 0.2) is 5.78 Å². The third kappa shape index (κ3) is 4.49. The van der Waals surface area contributed by atoms with Crippen LogP contribution in [0.3, 0.4) is 0 Å². The lowest BCUT2D eigenvalue weighted by molar-refractivity contribution is -0.116. The van der Waals surface area contributed by atoms with Gasteiger partial charge in [-0.1, -0.05) is 18.2 Å². The molecule has 8 heteroatoms. The zero-order chi connectivity index (χ0) is 22.7. The molecule has 1 aromatic heterocycles. The van der Waals surface area contributed by atoms with Gasteiger partial charge >= 0.3 is 0 Å². The van der Waals surface area contributed by atoms with Crippen LogP contribution in [0.4, 0.5) is 11.4 Å². The number of rotatable bonds is 6. The van der Waals surface area contributed by atoms with Crippen LogP contribution >= 0.6 is 0 Å². The summed E-state index contributed by atoms with van der Waals surface area (Å²) in [5.74, 6) is -0.640. The van der Waals surface area contributed by atoms with E-state index in [2.05, 4.69) is 10.4 Å². The van der Waals surface area contributed by atoms with Crippen LogP contribution in [0.25, 0.3) is 0 Å². The minimum absolute atomic E-state index is 0.00551. The van der Waals surface area contributed by atoms with Crippen molar-refractivity contribution in [3.63, 3.8) is 0 Å². The molecule has 1 aliphatic rings. The quantitative estimate of drug-likeness (QED) is 0.606. The number of hydrogen-bond donors (Lipinski definition) is 1. The third-order valence-electron chi connectivity index (χ3n) is 5.34. The molecule has 0 fully saturated rings. The van der Waals surface area contributed by atoms with E-state index in [0.717, 1.165) is 22.4 Å². The monoisotopic (exact) mass is 430 g/mol. The smallest absolute Gasteiger partial charge is 0.278 e. The number of aromatic nitrogens is 2. The van der Waals surface area contributed by atoms with Crippen LogP contribution < -0.4 is 15.8 Å². The fourth-order valence-electron chi connectivity index (χ4n) is 3.63. The summed E-state index contributed by atoms with van der Waals surface area (Å²) < 4.78 is 1.13. The maximum atomic E-state index is 13.0. The van der Waals surface area contributed by atoms with Gasteiger partial charge in [0.25, 0.3) is 11.5 Å². The number of Topliss-reactive ketones (excluding diaryl/α,β-unsaturated/α-hetero) is 1. The van der Waals surface area contributed by atoms with Gasteiger partial charge in [0.1, 0.15) is 5.69 Å². The van der Waals surface area contributed by atoms with Gasteiger partial charge in [-0.2, -0.15) is 5.10 Å². The van der Waals surface area contributed by atoms with Crippen LogP contribution in [0.15, 0.2) is 65.5 Å². The highest BCUT2D eigenvalue weighted by Crippen LogP contribution is 2.28. The van der Waals surface area contributed by atoms with Crippen LogP contribution in [0.2, 0.25) is 0 Å². The molecule has 162 valence electrons. The van der Waals surface area contributed by atoms with Gasteiger partial charge in [0.2, 0.25) is 5.91 Å². The highest BCUT2D eigenvalue weighted by atomic mass is 16.2. The molecule has 0 bridgehead atoms. The summed E-state index contributed by atoms with van der Waals surface area (Å²) in [6.45, 7) is 2.07. The van der Waals surface area contributed by atoms with Gasteiger partial charge in [-0.3, -0.25) is 19.2 Å². The number of carbonyl (C=O) groups is 3. The first-order chi connectivity index (χ1) is 15.4. The fraction of sp³-hybridized carbons (Fsp3) is 0.208. The highest BCUT2D eigenvalue weighted by Gasteiger charge is 2.26. The maximum Gasteiger partial charge on any atom is 0.278 e. The molecule has 0 aliphatic carbocycles. The number of nitrogens with zero attached hydrogens (tertiary/aromatic N) is 3. The van der Waals surface area contributed by atoms with E-state index in [1.54, 1.807) is 29.2 Å². The van der Waals surface area contributed by atoms with E-state index >= 15 is 0 Å². The number of ketones is 1. The van der Waals surface area contributed by atoms with Crippen molar-refractivity contribution in [1.29, 1.82) is 0 Å². The van der Waals surface area contributed by atoms with Crippen molar-refractivity contribution < 1.29 is 14.4 Å². The first-order valence-corrected chi connectivity index (χ1v) is 10.3. The average molecular weight is 430 g/mol. The summed E-state index contributed by atoms with van der Waals surface area (Å²) in [7, 11) is 0. The van der Waals surface area contributed by atoms with E-state index in [9.17, 15) is 19.2 Å². The van der Waals surface area contributed by atoms with Crippen LogP contribution in [-0.2, 0) is 17.8 Å². The Balaban J connectivity index is 1.42. The van der Waals surface area contributed by atoms with Crippen molar-refractivity contribution in [2.24, 2.45) is 0 Å². The van der Waals surface area contributed by atoms with E-state index in [1.807, 2.05) is 24.3 Å². The molecule has 3 aromatic rings. The topological polar surface area (TPSA) is 101 Å². The Morgan fingerprint density at radius 3 is 2.50 bits per heavy atom. The number of anilines is 2. The summed E-state index contributed by atoms with van der Waals surface area (Å²) in [4.78, 5) is 50.4. The van der Waals surface area contributed by atoms with E-state index in [0.29, 0.717) is 17.8 Å². The van der Waals surface area contributed by atoms with Gasteiger partial charge < -0.3 is 10.2 Å². The maximum absolute atomic E-state index is 13.0. The van der Waals surface area contributed by atoms with Crippen molar-refractivity contribution in [1.82, 2.24) is 9.78 Å². The summed E-state index contributed by atoms with van der Waals surface area (Å²) in [5, 5.41) is 6.92. The fourth-order valence-corrected chi connectivity index (χ4v) is 3.63. The summed E-state index contributed by atoms with van der Waals surface area (Å²) in [6.07, 6.45) is 0.778. The normalized spacial score (nSPS) is 12.3. The molecular weight excluding hydrogens is 408 g/mol. The SMILES string of the molecule is CC(=O)c1ccc(NC(=O)CCn2nc(C(=O)N3CCc4ccccc43)ccc2=O)cc1. The molecule has 2 aromatic carbocycles. The molecular formula is C24H22N4O4. The Morgan fingerprint density at radius 2 is 1.75 bits per heavy atom. The Bertz CT molecular complexity index is 1250. The molecule has 0 atom stereocenters. The molecule has 1 N–H and O–H groups in total. The molecule has 4 rings (SSSR count). The number of hydrogen-bond acceptors (Lipinski definition) is 5. The van der Waals surface area contributed by atoms with Crippen LogP contribution in [0.5, 0.6) is 0 Å². The second-order valence-corrected chi connectivity index (χ2v) is 7.55. The number of benzene rings is 2. The van der Waals surface area contributed by atoms with Gasteiger partial charge in [-0.25, -0.2) is 4.68 Å². The lowest BCUT2D eigenvalue weighted by atomic mass is 10.1. The van der Waals surface area contributed by atoms with Crippen molar-refractivity contribution in [3.8, 4) is 0 Å². The molecule has 2 amide bonds. The number of amides is 2. The third-order valence-corrected chi connectivity index (χ3v) is 5.34. The lowest BCUT2D eigenvalue weighted by Gasteiger charge is -2.17. The standard InChI is InChI=1S/C24H22N4O4/c1-16(29)17-6-8-19(9-7-17)25-22(30)13-15-28-23(31)11-10-20(26-28)24(32)27-14-12-18-4-2-3-5-21(18)27/h2-11H,12-15H2,1H3,(H,25,30). The summed E-state index contributed by atoms with van der Waals surface area (Å²) >= 11 is 0. The zero-order valence-electron chi connectivity index (χ0n) is 17.6. The van der Waals surface area contributed by atoms with E-state index < -0.39 is 0 Å². The second-order valence-electron chi connectivity index (χ2n) is 7.55. The minimum Gasteiger partial charge on any atom is -0.326 e. The first kappa shape index (κ1) is 21.2. The molecule has 1 aliphatic heterocycles. The summed E-state index contributed by atoms with van der Waals surface area (Å²) in [5.41, 5.74) is 2.83. The highest BCUT2D eigenvalue weighted by molar-refractivity contribution is 6.05. The average Bonchev–Trinajstić information content (AvgIpc) is 3.22. The van der Waals surface area contributed by atoms with Crippen LogP contribution in [0.1, 0.15) is 39.8 Å². The number of fused-ring (bicyclic) bond motifs is 1. The molecule has 0 radical (unpaired) electrons. The molecule has 8 nitrogen and oxygen atoms in total. The predicted octanol–water partition coefficient (Wildman–Crippen LogP) is 2.68. The van der Waals surface area contributed by atoms with Gasteiger partial charge in [0.05, 0.1) is 6.54 Å². The number of carbonyl (C=O) groups excluding carboxylic acids is 3. The minimum atomic E-state index is -0.387. The molecule has 0 spiro atoms. The summed E-state index contributed by atoms with van der Waals surface area (Å²) in [6, 6.07) is 17.0. The lowest BCUT2D eigenvalue weighted by Crippen LogP contribution is -2.33. The first-order valence-electron chi connectivity index (χ1n) is 10.3. The Kier molecular flexibility index (Phi) is 5.93. The number of nitrogens with one attached hydrogen (secondary N) is 1. The van der Waals surface area contributed by atoms with Crippen LogP contribution in [-0.4, -0.2) is 33.9 Å². The van der Waals surface area contributed by atoms with E-state index in [-0.39, 0.29) is 41.8 Å². The molecule has 32 heavy (non-hydrogen) atoms. The molecule has 0 saturated heterocycles. The van der Waals surface area contributed by atoms with E-state index in [4.69, 9.17) is 0 Å². The predicted molar refractivity (Wildman–Crippen MR) is 120 cm³/mol. The molecule has 0 unspecified atom stereocenters. The van der Waals surface area contributed by atoms with Gasteiger partial charge in [0, 0.05) is 36.0 Å². The van der Waals surface area contributed by atoms with Crippen molar-refractivity contribution in [3.05, 3.63) is 87.8 Å². The number of para-hydroxylation sites is 1. The van der Waals surface area contributed by atoms with Crippen molar-refractivity contribution >= 4 is 29.0 Å². The van der Waals surface area contributed by atoms with Crippen molar-refractivity contribution in [2.75, 3.05) is 16.8 Å². The molecule has 0 saturated carbocycles. The largest absolute Gasteiger partial charge is 0.326 e.